The van der Waals surface area contributed by atoms with Crippen LogP contribution in [0.5, 0.6) is 0 Å². The zero-order valence-electron chi connectivity index (χ0n) is 11.7. The van der Waals surface area contributed by atoms with Crippen LogP contribution in [-0.4, -0.2) is 44.9 Å². The SMILES string of the molecule is COCCNCc1ccc(N2CCCSCC2)cc1. The first kappa shape index (κ1) is 14.7. The van der Waals surface area contributed by atoms with E-state index in [1.54, 1.807) is 7.11 Å². The summed E-state index contributed by atoms with van der Waals surface area (Å²) in [6.45, 7) is 4.96. The number of hydrogen-bond donors (Lipinski definition) is 1. The summed E-state index contributed by atoms with van der Waals surface area (Å²) in [5.74, 6) is 2.55. The van der Waals surface area contributed by atoms with E-state index >= 15 is 0 Å². The van der Waals surface area contributed by atoms with Gasteiger partial charge < -0.3 is 15.0 Å². The minimum Gasteiger partial charge on any atom is -0.383 e. The number of thioether (sulfide) groups is 1. The molecule has 4 heteroatoms. The molecule has 1 N–H and O–H groups in total. The highest BCUT2D eigenvalue weighted by Gasteiger charge is 2.09. The van der Waals surface area contributed by atoms with Gasteiger partial charge in [0.1, 0.15) is 0 Å². The van der Waals surface area contributed by atoms with Crippen LogP contribution < -0.4 is 10.2 Å². The fraction of sp³-hybridized carbons (Fsp3) is 0.600. The molecule has 0 atom stereocenters. The van der Waals surface area contributed by atoms with Crippen molar-refractivity contribution < 1.29 is 4.74 Å². The fourth-order valence-corrected chi connectivity index (χ4v) is 3.12. The molecule has 1 aromatic rings. The van der Waals surface area contributed by atoms with Gasteiger partial charge in [0.15, 0.2) is 0 Å². The molecule has 0 aliphatic carbocycles. The Morgan fingerprint density at radius 2 is 2.05 bits per heavy atom. The Hall–Kier alpha value is -0.710. The summed E-state index contributed by atoms with van der Waals surface area (Å²) in [6.07, 6.45) is 1.30. The Bertz CT molecular complexity index is 348. The number of benzene rings is 1. The zero-order valence-corrected chi connectivity index (χ0v) is 12.5. The maximum absolute atomic E-state index is 5.02. The van der Waals surface area contributed by atoms with E-state index in [0.29, 0.717) is 0 Å². The second kappa shape index (κ2) is 8.46. The monoisotopic (exact) mass is 280 g/mol. The van der Waals surface area contributed by atoms with Gasteiger partial charge in [-0.05, 0) is 29.9 Å². The molecule has 1 aliphatic heterocycles. The predicted octanol–water partition coefficient (Wildman–Crippen LogP) is 2.37. The first-order valence-corrected chi connectivity index (χ1v) is 8.17. The van der Waals surface area contributed by atoms with Crippen molar-refractivity contribution in [3.05, 3.63) is 29.8 Å². The molecule has 0 amide bonds. The quantitative estimate of drug-likeness (QED) is 0.809. The smallest absolute Gasteiger partial charge is 0.0587 e. The summed E-state index contributed by atoms with van der Waals surface area (Å²) in [7, 11) is 1.73. The van der Waals surface area contributed by atoms with Crippen molar-refractivity contribution in [2.75, 3.05) is 49.8 Å². The molecule has 2 rings (SSSR count). The van der Waals surface area contributed by atoms with E-state index in [-0.39, 0.29) is 0 Å². The minimum absolute atomic E-state index is 0.767. The van der Waals surface area contributed by atoms with Crippen molar-refractivity contribution in [1.29, 1.82) is 0 Å². The highest BCUT2D eigenvalue weighted by atomic mass is 32.2. The van der Waals surface area contributed by atoms with Crippen LogP contribution in [0.1, 0.15) is 12.0 Å². The van der Waals surface area contributed by atoms with E-state index in [9.17, 15) is 0 Å². The molecule has 106 valence electrons. The number of ether oxygens (including phenoxy) is 1. The molecule has 1 fully saturated rings. The highest BCUT2D eigenvalue weighted by molar-refractivity contribution is 7.99. The minimum atomic E-state index is 0.767. The average Bonchev–Trinajstić information content (AvgIpc) is 2.73. The van der Waals surface area contributed by atoms with Crippen LogP contribution in [0.25, 0.3) is 0 Å². The Balaban J connectivity index is 1.83. The number of nitrogens with one attached hydrogen (secondary N) is 1. The third kappa shape index (κ3) is 5.05. The first-order chi connectivity index (χ1) is 9.40. The summed E-state index contributed by atoms with van der Waals surface area (Å²) < 4.78 is 5.02. The van der Waals surface area contributed by atoms with Crippen molar-refractivity contribution >= 4 is 17.4 Å². The molecule has 1 aromatic carbocycles. The molecule has 3 nitrogen and oxygen atoms in total. The lowest BCUT2D eigenvalue weighted by Crippen LogP contribution is -2.25. The van der Waals surface area contributed by atoms with Gasteiger partial charge in [-0.1, -0.05) is 12.1 Å². The van der Waals surface area contributed by atoms with E-state index < -0.39 is 0 Å². The lowest BCUT2D eigenvalue weighted by atomic mass is 10.2. The van der Waals surface area contributed by atoms with Crippen molar-refractivity contribution in [2.24, 2.45) is 0 Å². The van der Waals surface area contributed by atoms with Gasteiger partial charge in [-0.2, -0.15) is 11.8 Å². The molecule has 1 heterocycles. The van der Waals surface area contributed by atoms with Crippen LogP contribution in [0.15, 0.2) is 24.3 Å². The fourth-order valence-electron chi connectivity index (χ4n) is 2.24. The molecule has 19 heavy (non-hydrogen) atoms. The lowest BCUT2D eigenvalue weighted by Gasteiger charge is -2.22. The van der Waals surface area contributed by atoms with Crippen LogP contribution in [0.3, 0.4) is 0 Å². The van der Waals surface area contributed by atoms with E-state index in [2.05, 4.69) is 46.2 Å². The number of anilines is 1. The third-order valence-corrected chi connectivity index (χ3v) is 4.38. The summed E-state index contributed by atoms with van der Waals surface area (Å²) in [6, 6.07) is 8.97. The second-order valence-corrected chi connectivity index (χ2v) is 6.01. The van der Waals surface area contributed by atoms with Gasteiger partial charge in [0.25, 0.3) is 0 Å². The molecule has 0 spiro atoms. The maximum atomic E-state index is 5.02. The topological polar surface area (TPSA) is 24.5 Å². The van der Waals surface area contributed by atoms with Gasteiger partial charge in [0.2, 0.25) is 0 Å². The lowest BCUT2D eigenvalue weighted by molar-refractivity contribution is 0.199. The van der Waals surface area contributed by atoms with E-state index in [1.165, 1.54) is 42.3 Å². The van der Waals surface area contributed by atoms with E-state index in [4.69, 9.17) is 4.74 Å². The average molecular weight is 280 g/mol. The molecule has 1 saturated heterocycles. The number of rotatable bonds is 6. The van der Waals surface area contributed by atoms with Crippen LogP contribution in [-0.2, 0) is 11.3 Å². The van der Waals surface area contributed by atoms with Gasteiger partial charge in [-0.15, -0.1) is 0 Å². The van der Waals surface area contributed by atoms with Gasteiger partial charge in [0.05, 0.1) is 6.61 Å². The van der Waals surface area contributed by atoms with Gasteiger partial charge in [0, 0.05) is 44.7 Å². The van der Waals surface area contributed by atoms with Crippen molar-refractivity contribution in [3.63, 3.8) is 0 Å². The van der Waals surface area contributed by atoms with Crippen LogP contribution in [0.4, 0.5) is 5.69 Å². The van der Waals surface area contributed by atoms with Gasteiger partial charge >= 0.3 is 0 Å². The Kier molecular flexibility index (Phi) is 6.54. The van der Waals surface area contributed by atoms with Gasteiger partial charge in [-0.25, -0.2) is 0 Å². The molecule has 0 bridgehead atoms. The number of hydrogen-bond acceptors (Lipinski definition) is 4. The maximum Gasteiger partial charge on any atom is 0.0587 e. The van der Waals surface area contributed by atoms with Crippen LogP contribution in [0, 0.1) is 0 Å². The van der Waals surface area contributed by atoms with E-state index in [0.717, 1.165) is 19.7 Å². The van der Waals surface area contributed by atoms with Crippen molar-refractivity contribution in [2.45, 2.75) is 13.0 Å². The van der Waals surface area contributed by atoms with Crippen molar-refractivity contribution in [3.8, 4) is 0 Å². The Morgan fingerprint density at radius 3 is 2.84 bits per heavy atom. The molecule has 0 aromatic heterocycles. The molecule has 0 unspecified atom stereocenters. The molecule has 0 radical (unpaired) electrons. The van der Waals surface area contributed by atoms with Crippen molar-refractivity contribution in [1.82, 2.24) is 5.32 Å². The molecular weight excluding hydrogens is 256 g/mol. The third-order valence-electron chi connectivity index (χ3n) is 3.34. The van der Waals surface area contributed by atoms with Crippen LogP contribution >= 0.6 is 11.8 Å². The second-order valence-electron chi connectivity index (χ2n) is 4.79. The highest BCUT2D eigenvalue weighted by Crippen LogP contribution is 2.19. The molecular formula is C15H24N2OS. The van der Waals surface area contributed by atoms with E-state index in [1.807, 2.05) is 0 Å². The summed E-state index contributed by atoms with van der Waals surface area (Å²) in [5, 5.41) is 3.37. The predicted molar refractivity (Wildman–Crippen MR) is 84.2 cm³/mol. The standard InChI is InChI=1S/C15H24N2OS/c1-18-10-7-16-13-14-3-5-15(6-4-14)17-8-2-11-19-12-9-17/h3-6,16H,2,7-13H2,1H3. The largest absolute Gasteiger partial charge is 0.383 e. The molecule has 0 saturated carbocycles. The Morgan fingerprint density at radius 1 is 1.21 bits per heavy atom. The summed E-state index contributed by atoms with van der Waals surface area (Å²) >= 11 is 2.07. The zero-order chi connectivity index (χ0) is 13.3. The summed E-state index contributed by atoms with van der Waals surface area (Å²) in [4.78, 5) is 2.50. The summed E-state index contributed by atoms with van der Waals surface area (Å²) in [5.41, 5.74) is 2.70. The Labute approximate surface area is 120 Å². The number of methoxy groups -OCH3 is 1. The normalized spacial score (nSPS) is 16.4. The first-order valence-electron chi connectivity index (χ1n) is 7.01. The van der Waals surface area contributed by atoms with Crippen LogP contribution in [0.2, 0.25) is 0 Å². The molecule has 1 aliphatic rings. The van der Waals surface area contributed by atoms with Gasteiger partial charge in [-0.3, -0.25) is 0 Å². The number of nitrogens with zero attached hydrogens (tertiary/aromatic N) is 1.